The number of nitrogens with one attached hydrogen (secondary N) is 2. The monoisotopic (exact) mass is 465 g/mol. The van der Waals surface area contributed by atoms with Crippen molar-refractivity contribution in [1.29, 1.82) is 0 Å². The predicted octanol–water partition coefficient (Wildman–Crippen LogP) is 3.66. The number of rotatable bonds is 8. The van der Waals surface area contributed by atoms with Gasteiger partial charge >= 0.3 is 0 Å². The van der Waals surface area contributed by atoms with E-state index in [9.17, 15) is 20.0 Å². The highest BCUT2D eigenvalue weighted by Crippen LogP contribution is 2.18. The highest BCUT2D eigenvalue weighted by Gasteiger charge is 2.12. The van der Waals surface area contributed by atoms with E-state index in [0.29, 0.717) is 40.5 Å². The zero-order valence-electron chi connectivity index (χ0n) is 18.3. The van der Waals surface area contributed by atoms with Crippen LogP contribution >= 0.6 is 11.3 Å². The van der Waals surface area contributed by atoms with Crippen LogP contribution in [0.25, 0.3) is 0 Å². The molecule has 3 N–H and O–H groups in total. The van der Waals surface area contributed by atoms with Crippen LogP contribution in [0.5, 0.6) is 0 Å². The summed E-state index contributed by atoms with van der Waals surface area (Å²) < 4.78 is 1.69. The lowest BCUT2D eigenvalue weighted by Gasteiger charge is -2.04. The quantitative estimate of drug-likeness (QED) is 0.155. The molecule has 8 nitrogen and oxygen atoms in total. The van der Waals surface area contributed by atoms with E-state index in [-0.39, 0.29) is 11.8 Å². The molecule has 2 aromatic carbocycles. The van der Waals surface area contributed by atoms with E-state index in [2.05, 4.69) is 10.6 Å². The minimum atomic E-state index is -0.184. The number of nitrogens with zero attached hydrogens (tertiary/aromatic N) is 2. The molecule has 0 saturated carbocycles. The van der Waals surface area contributed by atoms with E-state index in [1.165, 1.54) is 23.8 Å². The number of thiophene rings is 1. The maximum atomic E-state index is 12.5. The zero-order chi connectivity index (χ0) is 23.8. The molecule has 0 unspecified atom stereocenters. The topological polar surface area (TPSA) is 108 Å². The van der Waals surface area contributed by atoms with Gasteiger partial charge in [0, 0.05) is 53.2 Å². The van der Waals surface area contributed by atoms with Crippen molar-refractivity contribution in [1.82, 2.24) is 10.6 Å². The van der Waals surface area contributed by atoms with E-state index in [4.69, 9.17) is 0 Å². The maximum absolute atomic E-state index is 12.5. The van der Waals surface area contributed by atoms with Crippen LogP contribution in [-0.4, -0.2) is 52.0 Å². The molecule has 1 aromatic heterocycles. The molecule has 3 rings (SSSR count). The summed E-state index contributed by atoms with van der Waals surface area (Å²) in [5, 5.41) is 28.3. The fourth-order valence-electron chi connectivity index (χ4n) is 2.94. The molecule has 1 heterocycles. The Labute approximate surface area is 195 Å². The first kappa shape index (κ1) is 23.7. The van der Waals surface area contributed by atoms with Crippen molar-refractivity contribution >= 4 is 47.0 Å². The predicted molar refractivity (Wildman–Crippen MR) is 129 cm³/mol. The summed E-state index contributed by atoms with van der Waals surface area (Å²) in [5.74, 6) is -0.353. The van der Waals surface area contributed by atoms with Crippen molar-refractivity contribution < 1.29 is 24.3 Å². The third-order valence-electron chi connectivity index (χ3n) is 4.59. The lowest BCUT2D eigenvalue weighted by atomic mass is 10.2. The number of hydrogen-bond donors (Lipinski definition) is 3. The van der Waals surface area contributed by atoms with Gasteiger partial charge in [-0.1, -0.05) is 0 Å². The van der Waals surface area contributed by atoms with Crippen LogP contribution in [0.3, 0.4) is 0 Å². The number of carbonyl (C=O) groups is 2. The van der Waals surface area contributed by atoms with Gasteiger partial charge in [0.1, 0.15) is 0 Å². The molecule has 0 spiro atoms. The molecular formula is C24H25N4O4S+. The van der Waals surface area contributed by atoms with Gasteiger partial charge in [0.05, 0.1) is 9.75 Å². The maximum Gasteiger partial charge on any atom is 0.257 e. The van der Waals surface area contributed by atoms with Gasteiger partial charge in [-0.2, -0.15) is 4.74 Å². The molecule has 2 amide bonds. The molecule has 9 heteroatoms. The standard InChI is InChI=1S/C24H24N4O4S/c1-3-25-23(29)17-5-9-19(10-6-17)27(31)15-21-13-14-22(33-21)16-28(32)20-11-7-18(8-12-20)24(30)26-4-2/h5-16H,3-4H2,1-2H3,(H2-,25,26,29,30,31)/p+1. The van der Waals surface area contributed by atoms with E-state index in [1.807, 2.05) is 13.8 Å². The van der Waals surface area contributed by atoms with Crippen molar-refractivity contribution in [3.05, 3.63) is 86.8 Å². The largest absolute Gasteiger partial charge is 0.618 e. The van der Waals surface area contributed by atoms with Crippen LogP contribution in [0.1, 0.15) is 44.3 Å². The fraction of sp³-hybridized carbons (Fsp3) is 0.167. The minimum absolute atomic E-state index is 0.169. The van der Waals surface area contributed by atoms with Crippen LogP contribution in [0.4, 0.5) is 11.4 Å². The highest BCUT2D eigenvalue weighted by molar-refractivity contribution is 7.15. The van der Waals surface area contributed by atoms with Gasteiger partial charge in [-0.15, -0.1) is 11.3 Å². The SMILES string of the molecule is CCNC(=O)c1ccc(/[N+]([O-])=C\c2ccc(/C=[N+](/O)c3ccc(C(=O)NCC)cc3)s2)cc1. The van der Waals surface area contributed by atoms with Gasteiger partial charge in [-0.25, -0.2) is 0 Å². The average Bonchev–Trinajstić information content (AvgIpc) is 3.26. The molecule has 0 bridgehead atoms. The molecule has 0 radical (unpaired) electrons. The molecule has 0 fully saturated rings. The van der Waals surface area contributed by atoms with Crippen molar-refractivity contribution in [2.24, 2.45) is 0 Å². The Kier molecular flexibility index (Phi) is 7.93. The lowest BCUT2D eigenvalue weighted by Crippen LogP contribution is -2.22. The Balaban J connectivity index is 1.71. The Morgan fingerprint density at radius 2 is 1.27 bits per heavy atom. The van der Waals surface area contributed by atoms with Gasteiger partial charge in [0.25, 0.3) is 17.5 Å². The van der Waals surface area contributed by atoms with Gasteiger partial charge in [0.15, 0.2) is 6.21 Å². The van der Waals surface area contributed by atoms with E-state index >= 15 is 0 Å². The zero-order valence-corrected chi connectivity index (χ0v) is 19.1. The molecule has 170 valence electrons. The second kappa shape index (κ2) is 11.1. The van der Waals surface area contributed by atoms with Crippen molar-refractivity contribution in [3.8, 4) is 0 Å². The van der Waals surface area contributed by atoms with Gasteiger partial charge in [-0.05, 0) is 50.2 Å². The van der Waals surface area contributed by atoms with Crippen LogP contribution in [0, 0.1) is 5.21 Å². The van der Waals surface area contributed by atoms with Gasteiger partial charge in [0.2, 0.25) is 11.9 Å². The summed E-state index contributed by atoms with van der Waals surface area (Å²) in [6.07, 6.45) is 2.96. The second-order valence-corrected chi connectivity index (χ2v) is 8.13. The average molecular weight is 466 g/mol. The summed E-state index contributed by atoms with van der Waals surface area (Å²) in [6.45, 7) is 4.76. The Bertz CT molecular complexity index is 1090. The summed E-state index contributed by atoms with van der Waals surface area (Å²) >= 11 is 1.33. The number of benzene rings is 2. The number of amides is 2. The fourth-order valence-corrected chi connectivity index (χ4v) is 3.79. The second-order valence-electron chi connectivity index (χ2n) is 6.98. The van der Waals surface area contributed by atoms with Gasteiger partial charge < -0.3 is 15.8 Å². The van der Waals surface area contributed by atoms with Crippen LogP contribution in [-0.2, 0) is 0 Å². The highest BCUT2D eigenvalue weighted by atomic mass is 32.1. The Hall–Kier alpha value is -3.98. The molecule has 3 aromatic rings. The minimum Gasteiger partial charge on any atom is -0.618 e. The van der Waals surface area contributed by atoms with Crippen LogP contribution in [0.2, 0.25) is 0 Å². The molecular weight excluding hydrogens is 440 g/mol. The van der Waals surface area contributed by atoms with Crippen molar-refractivity contribution in [3.63, 3.8) is 0 Å². The van der Waals surface area contributed by atoms with Gasteiger partial charge in [-0.3, -0.25) is 14.8 Å². The molecule has 0 aliphatic rings. The van der Waals surface area contributed by atoms with E-state index < -0.39 is 0 Å². The first-order valence-corrected chi connectivity index (χ1v) is 11.2. The lowest BCUT2D eigenvalue weighted by molar-refractivity contribution is -0.709. The summed E-state index contributed by atoms with van der Waals surface area (Å²) in [7, 11) is 0. The third kappa shape index (κ3) is 6.27. The summed E-state index contributed by atoms with van der Waals surface area (Å²) in [5.41, 5.74) is 1.90. The first-order chi connectivity index (χ1) is 15.9. The summed E-state index contributed by atoms with van der Waals surface area (Å²) in [6, 6.07) is 16.5. The molecule has 0 atom stereocenters. The van der Waals surface area contributed by atoms with Crippen molar-refractivity contribution in [2.75, 3.05) is 13.1 Å². The van der Waals surface area contributed by atoms with E-state index in [0.717, 1.165) is 14.4 Å². The number of carbonyl (C=O) groups excluding carboxylic acids is 2. The third-order valence-corrected chi connectivity index (χ3v) is 5.55. The van der Waals surface area contributed by atoms with Crippen molar-refractivity contribution in [2.45, 2.75) is 13.8 Å². The van der Waals surface area contributed by atoms with Crippen LogP contribution < -0.4 is 10.6 Å². The smallest absolute Gasteiger partial charge is 0.257 e. The Morgan fingerprint density at radius 3 is 1.76 bits per heavy atom. The first-order valence-electron chi connectivity index (χ1n) is 10.4. The molecule has 0 aliphatic heterocycles. The molecule has 0 aliphatic carbocycles. The molecule has 0 saturated heterocycles. The van der Waals surface area contributed by atoms with E-state index in [1.54, 1.807) is 60.7 Å². The normalized spacial score (nSPS) is 11.8. The van der Waals surface area contributed by atoms with Crippen LogP contribution in [0.15, 0.2) is 60.7 Å². The number of hydrogen-bond acceptors (Lipinski definition) is 5. The Morgan fingerprint density at radius 1 is 0.818 bits per heavy atom. The molecule has 33 heavy (non-hydrogen) atoms. The summed E-state index contributed by atoms with van der Waals surface area (Å²) in [4.78, 5) is 25.1.